The van der Waals surface area contributed by atoms with Crippen LogP contribution in [0.3, 0.4) is 0 Å². The number of aromatic nitrogens is 4. The van der Waals surface area contributed by atoms with Gasteiger partial charge in [-0.2, -0.15) is 13.5 Å². The number of nitrogens with zero attached hydrogens (tertiary/aromatic N) is 5. The highest BCUT2D eigenvalue weighted by atomic mass is 32.2. The van der Waals surface area contributed by atoms with E-state index in [4.69, 9.17) is 9.47 Å². The Morgan fingerprint density at radius 1 is 1.05 bits per heavy atom. The summed E-state index contributed by atoms with van der Waals surface area (Å²) in [7, 11) is -1.37. The molecule has 4 aromatic rings. The summed E-state index contributed by atoms with van der Waals surface area (Å²) in [6.45, 7) is 6.16. The van der Waals surface area contributed by atoms with Gasteiger partial charge in [0.15, 0.2) is 10.2 Å². The summed E-state index contributed by atoms with van der Waals surface area (Å²) >= 11 is 1.14. The molecule has 2 amide bonds. The van der Waals surface area contributed by atoms with Crippen molar-refractivity contribution in [3.05, 3.63) is 83.8 Å². The summed E-state index contributed by atoms with van der Waals surface area (Å²) in [4.78, 5) is 38.8. The van der Waals surface area contributed by atoms with Crippen LogP contribution in [0.5, 0.6) is 5.75 Å². The summed E-state index contributed by atoms with van der Waals surface area (Å²) in [6.07, 6.45) is 6.31. The van der Waals surface area contributed by atoms with Crippen LogP contribution in [0.4, 0.5) is 5.13 Å². The average molecular weight is 641 g/mol. The second kappa shape index (κ2) is 13.7. The third kappa shape index (κ3) is 7.14. The molecule has 0 saturated carbocycles. The van der Waals surface area contributed by atoms with E-state index in [0.717, 1.165) is 16.9 Å². The zero-order valence-corrected chi connectivity index (χ0v) is 26.9. The van der Waals surface area contributed by atoms with Gasteiger partial charge in [-0.05, 0) is 54.2 Å². The normalized spacial score (nSPS) is 13.2. The van der Waals surface area contributed by atoms with Crippen molar-refractivity contribution in [2.24, 2.45) is 0 Å². The van der Waals surface area contributed by atoms with Crippen LogP contribution < -0.4 is 14.4 Å². The predicted octanol–water partition coefficient (Wildman–Crippen LogP) is 4.06. The minimum absolute atomic E-state index is 0.00675. The van der Waals surface area contributed by atoms with E-state index in [0.29, 0.717) is 12.2 Å². The molecule has 0 spiro atoms. The van der Waals surface area contributed by atoms with Gasteiger partial charge >= 0.3 is 0 Å². The SMILES string of the molecule is COCCCC(Cn1cccn1)(C(=O)NS(=O)(=O)c1ccccn1)N(C(=O)c1ccc(C(C)(C)C)c(OC)c1)c1nccs1. The standard InChI is InChI=1S/C30H36N6O6S2/c1-29(2,3)23-12-11-22(20-24(23)42-5)26(37)36(28-32-16-19-43-28)30(13-8-18-41-4,21-35-17-9-15-33-35)27(38)34-44(39,40)25-10-6-7-14-31-25/h6-7,9-12,14-17,19-20H,8,13,18,21H2,1-5H3,(H,34,38). The van der Waals surface area contributed by atoms with Crippen LogP contribution in [0.2, 0.25) is 0 Å². The number of methoxy groups -OCH3 is 2. The van der Waals surface area contributed by atoms with Crippen LogP contribution in [0.25, 0.3) is 0 Å². The Kier molecular flexibility index (Phi) is 10.2. The quantitative estimate of drug-likeness (QED) is 0.214. The molecule has 3 aromatic heterocycles. The first kappa shape index (κ1) is 32.8. The lowest BCUT2D eigenvalue weighted by atomic mass is 9.85. The number of amides is 2. The van der Waals surface area contributed by atoms with E-state index < -0.39 is 27.4 Å². The van der Waals surface area contributed by atoms with E-state index in [1.54, 1.807) is 35.8 Å². The summed E-state index contributed by atoms with van der Waals surface area (Å²) in [5.74, 6) is -1.02. The summed E-state index contributed by atoms with van der Waals surface area (Å²) < 4.78 is 41.5. The van der Waals surface area contributed by atoms with Crippen LogP contribution in [-0.4, -0.2) is 66.3 Å². The number of pyridine rings is 1. The smallest absolute Gasteiger partial charge is 0.281 e. The number of carbonyl (C=O) groups is 2. The monoisotopic (exact) mass is 640 g/mol. The molecule has 0 aliphatic rings. The van der Waals surface area contributed by atoms with Gasteiger partial charge in [-0.15, -0.1) is 11.3 Å². The third-order valence-corrected chi connectivity index (χ3v) is 8.99. The molecule has 1 atom stereocenters. The molecule has 1 aromatic carbocycles. The van der Waals surface area contributed by atoms with E-state index in [1.165, 1.54) is 54.5 Å². The van der Waals surface area contributed by atoms with Crippen molar-refractivity contribution < 1.29 is 27.5 Å². The first-order valence-corrected chi connectivity index (χ1v) is 16.2. The predicted molar refractivity (Wildman–Crippen MR) is 166 cm³/mol. The number of thiazole rings is 1. The molecule has 0 fully saturated rings. The fraction of sp³-hybridized carbons (Fsp3) is 0.367. The number of ether oxygens (including phenoxy) is 2. The maximum Gasteiger partial charge on any atom is 0.281 e. The molecule has 0 aliphatic heterocycles. The van der Waals surface area contributed by atoms with Gasteiger partial charge in [-0.25, -0.2) is 14.7 Å². The van der Waals surface area contributed by atoms with Gasteiger partial charge in [0.1, 0.15) is 11.3 Å². The Labute approximate surface area is 261 Å². The number of hydrogen-bond acceptors (Lipinski definition) is 10. The van der Waals surface area contributed by atoms with Gasteiger partial charge in [0.2, 0.25) is 0 Å². The molecule has 0 bridgehead atoms. The molecular weight excluding hydrogens is 605 g/mol. The first-order valence-electron chi connectivity index (χ1n) is 13.8. The fourth-order valence-corrected chi connectivity index (χ4v) is 6.58. The van der Waals surface area contributed by atoms with Crippen molar-refractivity contribution >= 4 is 38.3 Å². The van der Waals surface area contributed by atoms with Crippen LogP contribution in [-0.2, 0) is 31.5 Å². The van der Waals surface area contributed by atoms with Crippen LogP contribution in [0.15, 0.2) is 77.7 Å². The average Bonchev–Trinajstić information content (AvgIpc) is 3.71. The van der Waals surface area contributed by atoms with E-state index >= 15 is 0 Å². The van der Waals surface area contributed by atoms with E-state index in [9.17, 15) is 18.0 Å². The lowest BCUT2D eigenvalue weighted by molar-refractivity contribution is -0.125. The van der Waals surface area contributed by atoms with Crippen molar-refractivity contribution in [1.82, 2.24) is 24.5 Å². The third-order valence-electron chi connectivity index (χ3n) is 6.98. The highest BCUT2D eigenvalue weighted by molar-refractivity contribution is 7.90. The zero-order valence-electron chi connectivity index (χ0n) is 25.3. The number of sulfonamides is 1. The molecule has 4 rings (SSSR count). The minimum atomic E-state index is -4.42. The van der Waals surface area contributed by atoms with E-state index in [1.807, 2.05) is 26.8 Å². The van der Waals surface area contributed by atoms with Crippen LogP contribution in [0.1, 0.15) is 49.5 Å². The number of rotatable bonds is 13. The highest BCUT2D eigenvalue weighted by Crippen LogP contribution is 2.37. The fourth-order valence-electron chi connectivity index (χ4n) is 4.86. The van der Waals surface area contributed by atoms with Gasteiger partial charge in [-0.3, -0.25) is 19.2 Å². The molecule has 234 valence electrons. The Morgan fingerprint density at radius 2 is 1.84 bits per heavy atom. The maximum atomic E-state index is 14.7. The Morgan fingerprint density at radius 3 is 2.43 bits per heavy atom. The highest BCUT2D eigenvalue weighted by Gasteiger charge is 2.50. The van der Waals surface area contributed by atoms with Gasteiger partial charge in [0, 0.05) is 49.4 Å². The van der Waals surface area contributed by atoms with Gasteiger partial charge in [0.25, 0.3) is 21.8 Å². The van der Waals surface area contributed by atoms with Crippen LogP contribution >= 0.6 is 11.3 Å². The van der Waals surface area contributed by atoms with E-state index in [-0.39, 0.29) is 40.7 Å². The molecule has 0 radical (unpaired) electrons. The largest absolute Gasteiger partial charge is 0.496 e. The van der Waals surface area contributed by atoms with Crippen LogP contribution in [0, 0.1) is 0 Å². The zero-order chi connectivity index (χ0) is 32.0. The van der Waals surface area contributed by atoms with Gasteiger partial charge in [0.05, 0.1) is 13.7 Å². The summed E-state index contributed by atoms with van der Waals surface area (Å²) in [5.41, 5.74) is -0.996. The first-order chi connectivity index (χ1) is 20.9. The van der Waals surface area contributed by atoms with Gasteiger partial charge < -0.3 is 9.47 Å². The number of hydrogen-bond donors (Lipinski definition) is 1. The molecule has 12 nitrogen and oxygen atoms in total. The molecular formula is C30H36N6O6S2. The Balaban J connectivity index is 1.92. The second-order valence-corrected chi connectivity index (χ2v) is 13.6. The molecule has 1 N–H and O–H groups in total. The second-order valence-electron chi connectivity index (χ2n) is 11.1. The van der Waals surface area contributed by atoms with Crippen molar-refractivity contribution in [1.29, 1.82) is 0 Å². The number of anilines is 1. The molecule has 1 unspecified atom stereocenters. The summed E-state index contributed by atoms with van der Waals surface area (Å²) in [6, 6.07) is 11.1. The number of benzene rings is 1. The minimum Gasteiger partial charge on any atom is -0.496 e. The lowest BCUT2D eigenvalue weighted by Gasteiger charge is -2.41. The molecule has 44 heavy (non-hydrogen) atoms. The van der Waals surface area contributed by atoms with Crippen molar-refractivity contribution in [2.45, 2.75) is 56.1 Å². The molecule has 3 heterocycles. The molecule has 0 aliphatic carbocycles. The number of nitrogens with one attached hydrogen (secondary N) is 1. The van der Waals surface area contributed by atoms with Crippen molar-refractivity contribution in [2.75, 3.05) is 25.7 Å². The summed E-state index contributed by atoms with van der Waals surface area (Å²) in [5, 5.41) is 5.83. The van der Waals surface area contributed by atoms with Gasteiger partial charge in [-0.1, -0.05) is 32.9 Å². The topological polar surface area (TPSA) is 146 Å². The Hall–Kier alpha value is -4.14. The van der Waals surface area contributed by atoms with E-state index in [2.05, 4.69) is 19.8 Å². The number of carbonyl (C=O) groups excluding carboxylic acids is 2. The molecule has 0 saturated heterocycles. The molecule has 14 heteroatoms. The van der Waals surface area contributed by atoms with Crippen molar-refractivity contribution in [3.63, 3.8) is 0 Å². The lowest BCUT2D eigenvalue weighted by Crippen LogP contribution is -2.64. The Bertz CT molecular complexity index is 1660. The van der Waals surface area contributed by atoms with Crippen molar-refractivity contribution in [3.8, 4) is 5.75 Å². The maximum absolute atomic E-state index is 14.7.